The zero-order valence-electron chi connectivity index (χ0n) is 8.51. The maximum atomic E-state index is 9.93. The highest BCUT2D eigenvalue weighted by Crippen LogP contribution is 2.34. The van der Waals surface area contributed by atoms with E-state index in [1.165, 1.54) is 0 Å². The van der Waals surface area contributed by atoms with Gasteiger partial charge in [0.25, 0.3) is 0 Å². The maximum absolute atomic E-state index is 9.93. The Labute approximate surface area is 92.4 Å². The summed E-state index contributed by atoms with van der Waals surface area (Å²) in [4.78, 5) is 0. The lowest BCUT2D eigenvalue weighted by Crippen LogP contribution is -1.83. The topological polar surface area (TPSA) is 48.9 Å². The molecule has 78 valence electrons. The lowest BCUT2D eigenvalue weighted by Gasteiger charge is -2.06. The van der Waals surface area contributed by atoms with Crippen LogP contribution in [0.5, 0.6) is 5.75 Å². The quantitative estimate of drug-likeness (QED) is 0.648. The van der Waals surface area contributed by atoms with E-state index in [4.69, 9.17) is 0 Å². The lowest BCUT2D eigenvalue weighted by molar-refractivity contribution is 0.478. The van der Waals surface area contributed by atoms with Gasteiger partial charge >= 0.3 is 0 Å². The molecule has 16 heavy (non-hydrogen) atoms. The Kier molecular flexibility index (Phi) is 1.90. The van der Waals surface area contributed by atoms with E-state index in [1.54, 1.807) is 12.3 Å². The Morgan fingerprint density at radius 3 is 2.69 bits per heavy atom. The molecule has 2 aromatic carbocycles. The molecule has 3 rings (SSSR count). The summed E-state index contributed by atoms with van der Waals surface area (Å²) >= 11 is 0. The molecule has 0 atom stereocenters. The van der Waals surface area contributed by atoms with Crippen LogP contribution in [0.25, 0.3) is 22.0 Å². The van der Waals surface area contributed by atoms with Gasteiger partial charge in [-0.25, -0.2) is 0 Å². The lowest BCUT2D eigenvalue weighted by atomic mass is 10.0. The van der Waals surface area contributed by atoms with Crippen LogP contribution in [-0.4, -0.2) is 15.3 Å². The molecule has 3 heteroatoms. The minimum atomic E-state index is 0.267. The average molecular weight is 210 g/mol. The molecule has 0 aliphatic rings. The molecule has 0 saturated carbocycles. The van der Waals surface area contributed by atoms with E-state index in [0.29, 0.717) is 0 Å². The van der Waals surface area contributed by atoms with Crippen LogP contribution in [0.1, 0.15) is 0 Å². The summed E-state index contributed by atoms with van der Waals surface area (Å²) in [5.41, 5.74) is 1.63. The zero-order valence-corrected chi connectivity index (χ0v) is 8.51. The Morgan fingerprint density at radius 2 is 1.88 bits per heavy atom. The van der Waals surface area contributed by atoms with Crippen molar-refractivity contribution in [3.05, 3.63) is 48.7 Å². The molecular weight excluding hydrogens is 200 g/mol. The first kappa shape index (κ1) is 8.97. The first-order valence-electron chi connectivity index (χ1n) is 5.07. The second-order valence-electron chi connectivity index (χ2n) is 3.65. The number of hydrogen-bond donors (Lipinski definition) is 2. The number of benzene rings is 2. The van der Waals surface area contributed by atoms with Gasteiger partial charge in [0.1, 0.15) is 5.75 Å². The third-order valence-corrected chi connectivity index (χ3v) is 2.68. The first-order chi connectivity index (χ1) is 7.86. The van der Waals surface area contributed by atoms with Crippen molar-refractivity contribution in [3.8, 4) is 17.0 Å². The molecule has 3 aromatic rings. The highest BCUT2D eigenvalue weighted by molar-refractivity contribution is 5.98. The van der Waals surface area contributed by atoms with Gasteiger partial charge in [-0.3, -0.25) is 5.10 Å². The number of nitrogens with one attached hydrogen (secondary N) is 1. The van der Waals surface area contributed by atoms with Gasteiger partial charge in [0.15, 0.2) is 0 Å². The van der Waals surface area contributed by atoms with Crippen LogP contribution in [0, 0.1) is 0 Å². The van der Waals surface area contributed by atoms with E-state index in [9.17, 15) is 5.11 Å². The molecule has 0 bridgehead atoms. The van der Waals surface area contributed by atoms with Gasteiger partial charge in [0.2, 0.25) is 0 Å². The molecule has 0 unspecified atom stereocenters. The fraction of sp³-hybridized carbons (Fsp3) is 0. The van der Waals surface area contributed by atoms with E-state index in [1.807, 2.05) is 36.4 Å². The molecule has 0 saturated heterocycles. The van der Waals surface area contributed by atoms with Gasteiger partial charge in [0.05, 0.1) is 5.69 Å². The molecular formula is C13H10N2O. The summed E-state index contributed by atoms with van der Waals surface area (Å²) in [6, 6.07) is 13.4. The monoisotopic (exact) mass is 210 g/mol. The number of phenolic OH excluding ortho intramolecular Hbond substituents is 1. The van der Waals surface area contributed by atoms with E-state index in [0.717, 1.165) is 22.0 Å². The largest absolute Gasteiger partial charge is 0.507 e. The van der Waals surface area contributed by atoms with Crippen LogP contribution >= 0.6 is 0 Å². The second kappa shape index (κ2) is 3.38. The van der Waals surface area contributed by atoms with Crippen LogP contribution in [0.15, 0.2) is 48.7 Å². The Morgan fingerprint density at radius 1 is 1.00 bits per heavy atom. The molecule has 2 N–H and O–H groups in total. The summed E-state index contributed by atoms with van der Waals surface area (Å²) in [7, 11) is 0. The smallest absolute Gasteiger partial charge is 0.125 e. The van der Waals surface area contributed by atoms with Crippen molar-refractivity contribution < 1.29 is 5.11 Å². The minimum Gasteiger partial charge on any atom is -0.507 e. The third-order valence-electron chi connectivity index (χ3n) is 2.68. The second-order valence-corrected chi connectivity index (χ2v) is 3.65. The van der Waals surface area contributed by atoms with Crippen LogP contribution in [0.4, 0.5) is 0 Å². The van der Waals surface area contributed by atoms with Crippen molar-refractivity contribution >= 4 is 10.8 Å². The minimum absolute atomic E-state index is 0.267. The molecule has 0 amide bonds. The molecule has 0 aliphatic carbocycles. The molecule has 3 nitrogen and oxygen atoms in total. The number of nitrogens with zero attached hydrogens (tertiary/aromatic N) is 1. The van der Waals surface area contributed by atoms with Crippen molar-refractivity contribution in [2.24, 2.45) is 0 Å². The number of aromatic nitrogens is 2. The van der Waals surface area contributed by atoms with Gasteiger partial charge in [-0.15, -0.1) is 0 Å². The number of aromatic amines is 1. The van der Waals surface area contributed by atoms with Gasteiger partial charge in [0, 0.05) is 11.8 Å². The van der Waals surface area contributed by atoms with E-state index < -0.39 is 0 Å². The fourth-order valence-electron chi connectivity index (χ4n) is 1.94. The van der Waals surface area contributed by atoms with Crippen molar-refractivity contribution in [2.45, 2.75) is 0 Å². The normalized spacial score (nSPS) is 10.8. The van der Waals surface area contributed by atoms with E-state index >= 15 is 0 Å². The van der Waals surface area contributed by atoms with Crippen molar-refractivity contribution in [3.63, 3.8) is 0 Å². The van der Waals surface area contributed by atoms with E-state index in [2.05, 4.69) is 10.2 Å². The summed E-state index contributed by atoms with van der Waals surface area (Å²) in [6.07, 6.45) is 1.68. The summed E-state index contributed by atoms with van der Waals surface area (Å²) in [5, 5.41) is 18.8. The maximum Gasteiger partial charge on any atom is 0.125 e. The van der Waals surface area contributed by atoms with Gasteiger partial charge < -0.3 is 5.11 Å². The molecule has 1 heterocycles. The van der Waals surface area contributed by atoms with Gasteiger partial charge in [-0.05, 0) is 22.9 Å². The number of fused-ring (bicyclic) bond motifs is 1. The highest BCUT2D eigenvalue weighted by atomic mass is 16.3. The Bertz CT molecular complexity index is 629. The van der Waals surface area contributed by atoms with Crippen LogP contribution in [0.3, 0.4) is 0 Å². The Balaban J connectivity index is 2.42. The third kappa shape index (κ3) is 1.26. The predicted octanol–water partition coefficient (Wildman–Crippen LogP) is 2.94. The summed E-state index contributed by atoms with van der Waals surface area (Å²) in [6.45, 7) is 0. The number of rotatable bonds is 1. The number of hydrogen-bond acceptors (Lipinski definition) is 2. The SMILES string of the molecule is Oc1ccc2ccccc2c1-c1ccn[nH]1. The number of H-pyrrole nitrogens is 1. The predicted molar refractivity (Wildman–Crippen MR) is 63.2 cm³/mol. The molecule has 0 aliphatic heterocycles. The molecule has 0 spiro atoms. The van der Waals surface area contributed by atoms with Crippen molar-refractivity contribution in [1.29, 1.82) is 0 Å². The van der Waals surface area contributed by atoms with E-state index in [-0.39, 0.29) is 5.75 Å². The Hall–Kier alpha value is -2.29. The van der Waals surface area contributed by atoms with Crippen molar-refractivity contribution in [2.75, 3.05) is 0 Å². The van der Waals surface area contributed by atoms with Crippen LogP contribution < -0.4 is 0 Å². The first-order valence-corrected chi connectivity index (χ1v) is 5.07. The summed E-state index contributed by atoms with van der Waals surface area (Å²) in [5.74, 6) is 0.267. The number of aromatic hydroxyl groups is 1. The van der Waals surface area contributed by atoms with Gasteiger partial charge in [-0.1, -0.05) is 30.3 Å². The fourth-order valence-corrected chi connectivity index (χ4v) is 1.94. The zero-order chi connectivity index (χ0) is 11.0. The molecule has 0 fully saturated rings. The highest BCUT2D eigenvalue weighted by Gasteiger charge is 2.09. The molecule has 1 aromatic heterocycles. The standard InChI is InChI=1S/C13H10N2O/c16-12-6-5-9-3-1-2-4-10(9)13(12)11-7-8-14-15-11/h1-8,16H,(H,14,15). The summed E-state index contributed by atoms with van der Waals surface area (Å²) < 4.78 is 0. The number of phenols is 1. The van der Waals surface area contributed by atoms with Gasteiger partial charge in [-0.2, -0.15) is 5.10 Å². The van der Waals surface area contributed by atoms with Crippen LogP contribution in [-0.2, 0) is 0 Å². The molecule has 0 radical (unpaired) electrons. The average Bonchev–Trinajstić information content (AvgIpc) is 2.82. The van der Waals surface area contributed by atoms with Crippen molar-refractivity contribution in [1.82, 2.24) is 10.2 Å². The van der Waals surface area contributed by atoms with Crippen LogP contribution in [0.2, 0.25) is 0 Å².